The molecule has 2 heterocycles. The maximum Gasteiger partial charge on any atom is 0.245 e. The Morgan fingerprint density at radius 3 is 2.47 bits per heavy atom. The lowest BCUT2D eigenvalue weighted by molar-refractivity contribution is -0.157. The van der Waals surface area contributed by atoms with Gasteiger partial charge in [-0.25, -0.2) is 0 Å². The molecule has 3 N–H and O–H groups in total. The molecular formula is C27H40ClN3O3. The first-order chi connectivity index (χ1) is 16.0. The molecule has 6 nitrogen and oxygen atoms in total. The summed E-state index contributed by atoms with van der Waals surface area (Å²) in [5.41, 5.74) is -0.676. The van der Waals surface area contributed by atoms with Gasteiger partial charge in [0.1, 0.15) is 6.04 Å². The Labute approximate surface area is 208 Å². The van der Waals surface area contributed by atoms with Gasteiger partial charge in [0, 0.05) is 35.0 Å². The molecule has 0 aromatic heterocycles. The van der Waals surface area contributed by atoms with Crippen molar-refractivity contribution in [3.63, 3.8) is 0 Å². The van der Waals surface area contributed by atoms with Crippen LogP contribution in [-0.2, 0) is 15.2 Å². The van der Waals surface area contributed by atoms with E-state index in [-0.39, 0.29) is 29.2 Å². The summed E-state index contributed by atoms with van der Waals surface area (Å²) in [6.07, 6.45) is 5.53. The van der Waals surface area contributed by atoms with Crippen LogP contribution in [0.4, 0.5) is 0 Å². The van der Waals surface area contributed by atoms with E-state index in [0.717, 1.165) is 37.8 Å². The van der Waals surface area contributed by atoms with E-state index in [9.17, 15) is 14.7 Å². The van der Waals surface area contributed by atoms with Gasteiger partial charge >= 0.3 is 0 Å². The molecule has 1 aromatic rings. The average molecular weight is 490 g/mol. The molecule has 4 unspecified atom stereocenters. The van der Waals surface area contributed by atoms with Gasteiger partial charge < -0.3 is 20.6 Å². The third kappa shape index (κ3) is 4.74. The number of nitrogens with one attached hydrogen (secondary N) is 2. The third-order valence-electron chi connectivity index (χ3n) is 8.62. The maximum absolute atomic E-state index is 13.6. The Morgan fingerprint density at radius 1 is 1.18 bits per heavy atom. The molecule has 1 saturated carbocycles. The minimum absolute atomic E-state index is 0.00608. The number of likely N-dealkylation sites (tertiary alicyclic amines) is 1. The lowest BCUT2D eigenvalue weighted by atomic mass is 9.66. The van der Waals surface area contributed by atoms with Crippen LogP contribution in [0.15, 0.2) is 24.3 Å². The van der Waals surface area contributed by atoms with Crippen LogP contribution in [0.5, 0.6) is 0 Å². The van der Waals surface area contributed by atoms with Gasteiger partial charge in [-0.15, -0.1) is 0 Å². The van der Waals surface area contributed by atoms with Gasteiger partial charge in [0.15, 0.2) is 0 Å². The second-order valence-electron chi connectivity index (χ2n) is 11.7. The smallest absolute Gasteiger partial charge is 0.245 e. The monoisotopic (exact) mass is 489 g/mol. The molecule has 1 spiro atoms. The molecule has 2 saturated heterocycles. The largest absolute Gasteiger partial charge is 0.384 e. The van der Waals surface area contributed by atoms with E-state index in [2.05, 4.69) is 10.6 Å². The minimum atomic E-state index is -1.06. The molecule has 4 atom stereocenters. The van der Waals surface area contributed by atoms with Crippen LogP contribution >= 0.6 is 11.6 Å². The molecule has 188 valence electrons. The van der Waals surface area contributed by atoms with Crippen LogP contribution in [0.3, 0.4) is 0 Å². The highest BCUT2D eigenvalue weighted by Gasteiger charge is 2.50. The van der Waals surface area contributed by atoms with Gasteiger partial charge in [-0.05, 0) is 68.7 Å². The molecule has 2 amide bonds. The van der Waals surface area contributed by atoms with E-state index >= 15 is 0 Å². The van der Waals surface area contributed by atoms with Gasteiger partial charge in [0.2, 0.25) is 11.8 Å². The highest BCUT2D eigenvalue weighted by molar-refractivity contribution is 6.30. The van der Waals surface area contributed by atoms with E-state index in [1.807, 2.05) is 44.7 Å². The molecule has 3 aliphatic rings. The quantitative estimate of drug-likeness (QED) is 0.586. The van der Waals surface area contributed by atoms with Crippen molar-refractivity contribution >= 4 is 23.4 Å². The van der Waals surface area contributed by atoms with Gasteiger partial charge in [0.25, 0.3) is 0 Å². The minimum Gasteiger partial charge on any atom is -0.384 e. The highest BCUT2D eigenvalue weighted by Crippen LogP contribution is 2.46. The van der Waals surface area contributed by atoms with E-state index in [1.54, 1.807) is 12.1 Å². The summed E-state index contributed by atoms with van der Waals surface area (Å²) >= 11 is 6.05. The molecule has 34 heavy (non-hydrogen) atoms. The van der Waals surface area contributed by atoms with Crippen molar-refractivity contribution in [3.8, 4) is 0 Å². The average Bonchev–Trinajstić information content (AvgIpc) is 3.43. The highest BCUT2D eigenvalue weighted by atomic mass is 35.5. The predicted molar refractivity (Wildman–Crippen MR) is 134 cm³/mol. The molecule has 4 rings (SSSR count). The number of rotatable bonds is 5. The Hall–Kier alpha value is -1.63. The van der Waals surface area contributed by atoms with Crippen molar-refractivity contribution in [2.45, 2.75) is 83.4 Å². The first-order valence-corrected chi connectivity index (χ1v) is 13.2. The van der Waals surface area contributed by atoms with Gasteiger partial charge in [-0.1, -0.05) is 51.4 Å². The Balaban J connectivity index is 1.43. The summed E-state index contributed by atoms with van der Waals surface area (Å²) in [5.74, 6) is -0.100. The molecule has 0 radical (unpaired) electrons. The molecule has 2 aliphatic heterocycles. The Morgan fingerprint density at radius 2 is 1.88 bits per heavy atom. The van der Waals surface area contributed by atoms with Crippen molar-refractivity contribution < 1.29 is 14.7 Å². The van der Waals surface area contributed by atoms with E-state index in [0.29, 0.717) is 24.5 Å². The van der Waals surface area contributed by atoms with E-state index in [4.69, 9.17) is 11.6 Å². The van der Waals surface area contributed by atoms with Crippen molar-refractivity contribution in [1.82, 2.24) is 15.5 Å². The number of halogens is 1. The van der Waals surface area contributed by atoms with Crippen molar-refractivity contribution in [2.75, 3.05) is 19.6 Å². The topological polar surface area (TPSA) is 81.7 Å². The van der Waals surface area contributed by atoms with Crippen LogP contribution in [0.1, 0.15) is 71.8 Å². The third-order valence-corrected chi connectivity index (χ3v) is 8.88. The second kappa shape index (κ2) is 9.44. The van der Waals surface area contributed by atoms with Crippen LogP contribution < -0.4 is 10.6 Å². The van der Waals surface area contributed by atoms with Crippen molar-refractivity contribution in [3.05, 3.63) is 34.9 Å². The molecule has 3 fully saturated rings. The molecule has 1 aromatic carbocycles. The summed E-state index contributed by atoms with van der Waals surface area (Å²) in [6.45, 7) is 9.85. The summed E-state index contributed by atoms with van der Waals surface area (Å²) in [4.78, 5) is 28.6. The number of hydrogen-bond acceptors (Lipinski definition) is 4. The predicted octanol–water partition coefficient (Wildman–Crippen LogP) is 3.85. The van der Waals surface area contributed by atoms with Crippen LogP contribution in [0.2, 0.25) is 5.02 Å². The zero-order valence-electron chi connectivity index (χ0n) is 21.0. The van der Waals surface area contributed by atoms with E-state index < -0.39 is 17.1 Å². The number of carbonyl (C=O) groups is 2. The zero-order valence-corrected chi connectivity index (χ0v) is 21.8. The van der Waals surface area contributed by atoms with Crippen LogP contribution in [-0.4, -0.2) is 53.0 Å². The summed E-state index contributed by atoms with van der Waals surface area (Å²) in [5, 5.41) is 19.0. The Bertz CT molecular complexity index is 910. The van der Waals surface area contributed by atoms with Crippen molar-refractivity contribution in [1.29, 1.82) is 0 Å². The standard InChI is InChI=1S/C27H40ClN3O3/c1-18(2)22(30-23(32)19-10-12-26(16-19)11-5-14-29-26)24(33)31-15-13-27(34,25(3,4)17-31)20-6-8-21(28)9-7-20/h6-9,18-19,22,29,34H,5,10-17H2,1-4H3,(H,30,32). The summed E-state index contributed by atoms with van der Waals surface area (Å²) in [6, 6.07) is 6.76. The molecule has 1 aliphatic carbocycles. The number of carbonyl (C=O) groups excluding carboxylic acids is 2. The number of benzene rings is 1. The summed E-state index contributed by atoms with van der Waals surface area (Å²) in [7, 11) is 0. The normalized spacial score (nSPS) is 31.7. The number of aliphatic hydroxyl groups is 1. The molecule has 0 bridgehead atoms. The SMILES string of the molecule is CC(C)C(NC(=O)C1CCC2(CCCN2)C1)C(=O)N1CCC(O)(c2ccc(Cl)cc2)C(C)(C)C1. The Kier molecular flexibility index (Phi) is 7.07. The van der Waals surface area contributed by atoms with Crippen molar-refractivity contribution in [2.24, 2.45) is 17.3 Å². The zero-order chi connectivity index (χ0) is 24.7. The lowest BCUT2D eigenvalue weighted by Gasteiger charge is -2.51. The first-order valence-electron chi connectivity index (χ1n) is 12.8. The molecular weight excluding hydrogens is 450 g/mol. The number of hydrogen-bond donors (Lipinski definition) is 3. The summed E-state index contributed by atoms with van der Waals surface area (Å²) < 4.78 is 0. The maximum atomic E-state index is 13.6. The van der Waals surface area contributed by atoms with Gasteiger partial charge in [0.05, 0.1) is 5.60 Å². The number of nitrogens with zero attached hydrogens (tertiary/aromatic N) is 1. The van der Waals surface area contributed by atoms with Crippen LogP contribution in [0, 0.1) is 17.3 Å². The van der Waals surface area contributed by atoms with E-state index in [1.165, 1.54) is 6.42 Å². The lowest BCUT2D eigenvalue weighted by Crippen LogP contribution is -2.60. The fraction of sp³-hybridized carbons (Fsp3) is 0.704. The van der Waals surface area contributed by atoms with Crippen LogP contribution in [0.25, 0.3) is 0 Å². The molecule has 7 heteroatoms. The number of amides is 2. The van der Waals surface area contributed by atoms with Gasteiger partial charge in [-0.2, -0.15) is 0 Å². The second-order valence-corrected chi connectivity index (χ2v) is 12.2. The van der Waals surface area contributed by atoms with Gasteiger partial charge in [-0.3, -0.25) is 9.59 Å². The number of piperidine rings is 1. The first kappa shape index (κ1) is 25.5. The fourth-order valence-electron chi connectivity index (χ4n) is 6.36. The fourth-order valence-corrected chi connectivity index (χ4v) is 6.48.